The van der Waals surface area contributed by atoms with Crippen LogP contribution in [-0.4, -0.2) is 16.1 Å². The van der Waals surface area contributed by atoms with E-state index < -0.39 is 43.9 Å². The first-order chi connectivity index (χ1) is 34.3. The number of rotatable bonds is 11. The van der Waals surface area contributed by atoms with Crippen LogP contribution >= 0.6 is 0 Å². The molecule has 8 aromatic rings. The molecule has 6 heteroatoms. The van der Waals surface area contributed by atoms with Gasteiger partial charge in [0.2, 0.25) is 0 Å². The van der Waals surface area contributed by atoms with Crippen LogP contribution in [0.5, 0.6) is 5.75 Å². The van der Waals surface area contributed by atoms with Crippen LogP contribution in [0.3, 0.4) is 0 Å². The van der Waals surface area contributed by atoms with Gasteiger partial charge in [-0.15, -0.1) is 34.8 Å². The molecule has 0 fully saturated rings. The number of hydrogen-bond acceptors (Lipinski definition) is 4. The number of unbranched alkanes of at least 4 members (excludes halogenated alkanes) is 1. The molecule has 0 unspecified atom stereocenters. The fourth-order valence-corrected chi connectivity index (χ4v) is 8.32. The molecule has 0 spiro atoms. The summed E-state index contributed by atoms with van der Waals surface area (Å²) in [4.78, 5) is 8.70. The number of benzene rings is 6. The van der Waals surface area contributed by atoms with Crippen LogP contribution in [0.2, 0.25) is 0 Å². The zero-order chi connectivity index (χ0) is 52.5. The van der Waals surface area contributed by atoms with E-state index in [1.54, 1.807) is 18.2 Å². The fourth-order valence-electron chi connectivity index (χ4n) is 8.32. The molecular weight excluding hydrogens is 952 g/mol. The molecule has 6 aromatic carbocycles. The maximum absolute atomic E-state index is 8.68. The average Bonchev–Trinajstić information content (AvgIpc) is 3.88. The Labute approximate surface area is 404 Å². The summed E-state index contributed by atoms with van der Waals surface area (Å²) in [5, 5.41) is 2.11. The summed E-state index contributed by atoms with van der Waals surface area (Å²) < 4.78 is 102. The largest absolute Gasteiger partial charge is 0.517 e. The molecule has 0 bridgehead atoms. The minimum atomic E-state index is -2.54. The van der Waals surface area contributed by atoms with Gasteiger partial charge in [0, 0.05) is 58.1 Å². The van der Waals surface area contributed by atoms with Gasteiger partial charge in [0.1, 0.15) is 5.82 Å². The van der Waals surface area contributed by atoms with Crippen LogP contribution in [0.1, 0.15) is 103 Å². The van der Waals surface area contributed by atoms with Crippen molar-refractivity contribution in [1.29, 1.82) is 0 Å². The number of aromatic nitrogens is 2. The number of ether oxygens (including phenoxy) is 1. The van der Waals surface area contributed by atoms with Gasteiger partial charge >= 0.3 is 0 Å². The predicted octanol–water partition coefficient (Wildman–Crippen LogP) is 14.3. The summed E-state index contributed by atoms with van der Waals surface area (Å²) in [5.41, 5.74) is 7.15. The average molecular weight is 1020 g/mol. The Balaban J connectivity index is 0.00000729. The number of nitrogens with zero attached hydrogens (tertiary/aromatic N) is 4. The van der Waals surface area contributed by atoms with Gasteiger partial charge < -0.3 is 19.1 Å². The number of hydrogen-bond donors (Lipinski definition) is 0. The first-order valence-corrected chi connectivity index (χ1v) is 21.2. The zero-order valence-electron chi connectivity index (χ0n) is 47.4. The molecule has 0 radical (unpaired) electrons. The molecule has 1 aliphatic rings. The number of aryl methyl sites for hydroxylation is 2. The van der Waals surface area contributed by atoms with E-state index in [1.165, 1.54) is 12.1 Å². The Morgan fingerprint density at radius 1 is 0.762 bits per heavy atom. The molecule has 63 heavy (non-hydrogen) atoms. The van der Waals surface area contributed by atoms with E-state index in [9.17, 15) is 0 Å². The van der Waals surface area contributed by atoms with Crippen molar-refractivity contribution in [3.8, 4) is 22.7 Å². The summed E-state index contributed by atoms with van der Waals surface area (Å²) in [6, 6.07) is 35.3. The molecule has 3 heterocycles. The summed E-state index contributed by atoms with van der Waals surface area (Å²) in [6.07, 6.45) is 2.99. The second-order valence-corrected chi connectivity index (χ2v) is 18.0. The van der Waals surface area contributed by atoms with Crippen LogP contribution < -0.4 is 14.5 Å². The molecule has 0 saturated carbocycles. The van der Waals surface area contributed by atoms with Crippen molar-refractivity contribution in [3.05, 3.63) is 186 Å². The van der Waals surface area contributed by atoms with Gasteiger partial charge in [-0.1, -0.05) is 126 Å². The molecule has 2 aromatic heterocycles. The quantitative estimate of drug-likeness (QED) is 0.0955. The third-order valence-corrected chi connectivity index (χ3v) is 11.7. The predicted molar refractivity (Wildman–Crippen MR) is 259 cm³/mol. The maximum Gasteiger partial charge on any atom is 0.135 e. The number of fused-ring (bicyclic) bond motifs is 4. The van der Waals surface area contributed by atoms with Gasteiger partial charge in [0.25, 0.3) is 0 Å². The first kappa shape index (κ1) is 32.1. The van der Waals surface area contributed by atoms with Gasteiger partial charge in [0.05, 0.1) is 13.5 Å². The third kappa shape index (κ3) is 8.96. The van der Waals surface area contributed by atoms with Crippen molar-refractivity contribution >= 4 is 38.9 Å². The first-order valence-electron chi connectivity index (χ1n) is 26.7. The molecule has 0 atom stereocenters. The smallest absolute Gasteiger partial charge is 0.135 e. The number of para-hydroxylation sites is 2. The van der Waals surface area contributed by atoms with Crippen molar-refractivity contribution in [1.82, 2.24) is 9.55 Å². The fraction of sp³-hybridized carbons (Fsp3) is 0.263. The molecule has 0 N–H and O–H groups in total. The van der Waals surface area contributed by atoms with Crippen molar-refractivity contribution < 1.29 is 40.9 Å². The van der Waals surface area contributed by atoms with Crippen molar-refractivity contribution in [2.24, 2.45) is 0 Å². The second kappa shape index (κ2) is 17.9. The van der Waals surface area contributed by atoms with Gasteiger partial charge in [0.15, 0.2) is 0 Å². The normalized spacial score (nSPS) is 15.7. The zero-order valence-corrected chi connectivity index (χ0v) is 38.7. The number of pyridine rings is 1. The minimum Gasteiger partial charge on any atom is -0.517 e. The maximum atomic E-state index is 8.68. The van der Waals surface area contributed by atoms with Gasteiger partial charge in [-0.05, 0) is 113 Å². The Morgan fingerprint density at radius 2 is 1.54 bits per heavy atom. The molecule has 5 nitrogen and oxygen atoms in total. The Morgan fingerprint density at radius 3 is 2.33 bits per heavy atom. The minimum absolute atomic E-state index is 0. The van der Waals surface area contributed by atoms with E-state index in [-0.39, 0.29) is 67.2 Å². The molecule has 0 saturated heterocycles. The monoisotopic (exact) mass is 1020 g/mol. The molecule has 0 amide bonds. The van der Waals surface area contributed by atoms with E-state index in [4.69, 9.17) is 24.8 Å². The Kier molecular flexibility index (Phi) is 9.09. The topological polar surface area (TPSA) is 33.5 Å². The summed E-state index contributed by atoms with van der Waals surface area (Å²) in [5.74, 6) is 1.34. The molecule has 324 valence electrons. The summed E-state index contributed by atoms with van der Waals surface area (Å²) in [6.45, 7) is 10.4. The van der Waals surface area contributed by atoms with Crippen molar-refractivity contribution in [3.63, 3.8) is 0 Å². The number of anilines is 3. The van der Waals surface area contributed by atoms with E-state index in [2.05, 4.69) is 101 Å². The summed E-state index contributed by atoms with van der Waals surface area (Å²) in [7, 11) is 0. The van der Waals surface area contributed by atoms with E-state index in [1.807, 2.05) is 46.9 Å². The second-order valence-electron chi connectivity index (χ2n) is 18.0. The van der Waals surface area contributed by atoms with Gasteiger partial charge in [-0.2, -0.15) is 30.4 Å². The van der Waals surface area contributed by atoms with Crippen LogP contribution in [0, 0.1) is 32.5 Å². The van der Waals surface area contributed by atoms with E-state index in [0.717, 1.165) is 44.3 Å². The standard InChI is InChI=1S/C57H57N4O.Pt/c1-39-18-16-24-48(42-20-10-9-11-21-42)47(39)22-14-15-31-59-38-60(52-26-17-19-40(2)55(52)59)45-33-41(32-44(34-45)57(6,7)8)37-62-46-27-28-50-49-23-12-13-25-51(49)61(53(50)36-46)54-35-43(29-30-58-54)56(3,4)5;/h9-13,16-21,23-30,32,34-35,38H,14-15,22,31,37H2,1-8H3;/q-3;/i1D3,2D3,9D,10D,11D,20D,21D;. The van der Waals surface area contributed by atoms with Crippen LogP contribution in [0.25, 0.3) is 38.8 Å². The van der Waals surface area contributed by atoms with Gasteiger partial charge in [-0.3, -0.25) is 0 Å². The molecular formula is C57H57N4OPt-3. The van der Waals surface area contributed by atoms with Crippen LogP contribution in [-0.2, 0) is 44.9 Å². The van der Waals surface area contributed by atoms with Gasteiger partial charge in [-0.25, -0.2) is 4.98 Å². The Hall–Kier alpha value is -5.64. The SMILES string of the molecule is [2H]c1c([2H])c([2H])c(-c2cccc(C([2H])([2H])[2H])c2CCCCN2[CH-]N(c3[c-]c(COc4[c-]c5c(cc4)c4ccccc4n5-c4cc(C(C)(C)C)ccn4)cc(C(C)(C)C)c3)c3cccc(C([2H])([2H])[2H])c32)c([2H])c1[2H].[Pt]. The van der Waals surface area contributed by atoms with E-state index >= 15 is 0 Å². The van der Waals surface area contributed by atoms with Crippen molar-refractivity contribution in [2.75, 3.05) is 16.3 Å². The van der Waals surface area contributed by atoms with E-state index in [0.29, 0.717) is 47.8 Å². The molecule has 0 aliphatic carbocycles. The third-order valence-electron chi connectivity index (χ3n) is 11.7. The van der Waals surface area contributed by atoms with Crippen LogP contribution in [0.4, 0.5) is 17.1 Å². The van der Waals surface area contributed by atoms with Crippen LogP contribution in [0.15, 0.2) is 133 Å². The molecule has 1 aliphatic heterocycles. The summed E-state index contributed by atoms with van der Waals surface area (Å²) >= 11 is 0. The van der Waals surface area contributed by atoms with Crippen molar-refractivity contribution in [2.45, 2.75) is 91.9 Å². The molecule has 9 rings (SSSR count). The Bertz CT molecular complexity index is 3400.